The third-order valence-corrected chi connectivity index (χ3v) is 5.01. The van der Waals surface area contributed by atoms with Crippen molar-refractivity contribution in [3.8, 4) is 0 Å². The monoisotopic (exact) mass is 446 g/mol. The number of nitrogens with one attached hydrogen (secondary N) is 1. The summed E-state index contributed by atoms with van der Waals surface area (Å²) in [6.07, 6.45) is -2.93. The molecule has 1 saturated heterocycles. The lowest BCUT2D eigenvalue weighted by Gasteiger charge is -2.17. The van der Waals surface area contributed by atoms with Gasteiger partial charge < -0.3 is 30.5 Å². The number of amides is 1. The van der Waals surface area contributed by atoms with Crippen molar-refractivity contribution < 1.29 is 43.0 Å². The summed E-state index contributed by atoms with van der Waals surface area (Å²) in [6, 6.07) is 0. The zero-order valence-corrected chi connectivity index (χ0v) is 16.4. The van der Waals surface area contributed by atoms with E-state index in [0.29, 0.717) is 0 Å². The van der Waals surface area contributed by atoms with Gasteiger partial charge in [0.2, 0.25) is 5.91 Å². The van der Waals surface area contributed by atoms with Crippen molar-refractivity contribution in [2.45, 2.75) is 31.5 Å². The van der Waals surface area contributed by atoms with E-state index in [2.05, 4.69) is 29.3 Å². The van der Waals surface area contributed by atoms with Crippen LogP contribution >= 0.6 is 7.82 Å². The first-order valence-electron chi connectivity index (χ1n) is 8.48. The van der Waals surface area contributed by atoms with Crippen molar-refractivity contribution in [3.05, 3.63) is 12.7 Å². The normalized spacial score (nSPS) is 25.7. The van der Waals surface area contributed by atoms with Gasteiger partial charge >= 0.3 is 13.8 Å². The molecule has 1 fully saturated rings. The van der Waals surface area contributed by atoms with Crippen LogP contribution < -0.4 is 11.1 Å². The van der Waals surface area contributed by atoms with Gasteiger partial charge in [0, 0.05) is 6.92 Å². The highest BCUT2D eigenvalue weighted by Gasteiger charge is 2.45. The third-order valence-electron chi connectivity index (χ3n) is 4.10. The van der Waals surface area contributed by atoms with Gasteiger partial charge in [0.15, 0.2) is 17.7 Å². The Balaban J connectivity index is 1.64. The molecule has 30 heavy (non-hydrogen) atoms. The topological polar surface area (TPSA) is 221 Å². The predicted octanol–water partition coefficient (Wildman–Crippen LogP) is -2.18. The van der Waals surface area contributed by atoms with Crippen LogP contribution in [0.3, 0.4) is 0 Å². The maximum Gasteiger partial charge on any atom is 0.529 e. The molecular weight excluding hydrogens is 427 g/mol. The third kappa shape index (κ3) is 4.72. The standard InChI is InChI=1S/C14H19N6O9P/c1-6(21)16-2-8(22)29-30(25,26)27-3-7-10(23)11(24)14(28-7)20-5-19-9-12(15)17-4-18-13(9)20/h4-5,7,10-11,14,23-24H,2-3H2,1H3,(H,16,21)(H,25,26)(H2,15,17,18)/t7-,10-,11-,14-/m1/s1. The number of imidazole rings is 1. The van der Waals surface area contributed by atoms with Gasteiger partial charge in [0.1, 0.15) is 36.7 Å². The van der Waals surface area contributed by atoms with Crippen molar-refractivity contribution in [2.75, 3.05) is 18.9 Å². The van der Waals surface area contributed by atoms with Crippen molar-refractivity contribution >= 4 is 36.7 Å². The van der Waals surface area contributed by atoms with Crippen LogP contribution in [0.5, 0.6) is 0 Å². The van der Waals surface area contributed by atoms with E-state index in [1.165, 1.54) is 17.2 Å². The number of nitrogens with zero attached hydrogens (tertiary/aromatic N) is 4. The number of carbonyl (C=O) groups excluding carboxylic acids is 2. The lowest BCUT2D eigenvalue weighted by atomic mass is 10.1. The number of aromatic nitrogens is 4. The molecule has 164 valence electrons. The van der Waals surface area contributed by atoms with Gasteiger partial charge in [0.05, 0.1) is 12.9 Å². The summed E-state index contributed by atoms with van der Waals surface area (Å²) >= 11 is 0. The molecule has 5 atom stereocenters. The number of anilines is 1. The van der Waals surface area contributed by atoms with Crippen molar-refractivity contribution in [1.82, 2.24) is 24.8 Å². The maximum atomic E-state index is 11.9. The van der Waals surface area contributed by atoms with Crippen molar-refractivity contribution in [1.29, 1.82) is 0 Å². The van der Waals surface area contributed by atoms with E-state index >= 15 is 0 Å². The van der Waals surface area contributed by atoms with E-state index in [1.54, 1.807) is 0 Å². The molecule has 3 heterocycles. The molecule has 0 aliphatic carbocycles. The molecule has 0 saturated carbocycles. The number of carbonyl (C=O) groups is 2. The van der Waals surface area contributed by atoms with Crippen LogP contribution in [0.4, 0.5) is 5.82 Å². The first-order chi connectivity index (χ1) is 14.1. The number of nitrogen functional groups attached to an aromatic ring is 1. The Hall–Kier alpha value is -2.68. The number of ether oxygens (including phenoxy) is 1. The minimum atomic E-state index is -4.86. The SMILES string of the molecule is CC(=O)NCC(=O)OP(=O)(O)OC[C@H]1O[C@@H](n2cnc3c(N)ncnc32)[C@H](O)[C@@H]1O. The average Bonchev–Trinajstić information content (AvgIpc) is 3.21. The Kier molecular flexibility index (Phi) is 6.30. The van der Waals surface area contributed by atoms with E-state index in [9.17, 15) is 29.3 Å². The molecule has 0 radical (unpaired) electrons. The highest BCUT2D eigenvalue weighted by atomic mass is 31.2. The molecule has 0 spiro atoms. The van der Waals surface area contributed by atoms with E-state index in [-0.39, 0.29) is 17.0 Å². The first-order valence-corrected chi connectivity index (χ1v) is 9.97. The molecular formula is C14H19N6O9P. The zero-order chi connectivity index (χ0) is 22.1. The van der Waals surface area contributed by atoms with Crippen LogP contribution in [0.1, 0.15) is 13.2 Å². The van der Waals surface area contributed by atoms with Crippen LogP contribution in [-0.4, -0.2) is 78.0 Å². The Morgan fingerprint density at radius 2 is 2.07 bits per heavy atom. The molecule has 0 bridgehead atoms. The summed E-state index contributed by atoms with van der Waals surface area (Å²) in [5, 5.41) is 22.6. The van der Waals surface area contributed by atoms with Gasteiger partial charge in [-0.3, -0.25) is 18.8 Å². The molecule has 1 amide bonds. The summed E-state index contributed by atoms with van der Waals surface area (Å²) < 4.78 is 27.6. The summed E-state index contributed by atoms with van der Waals surface area (Å²) in [5.41, 5.74) is 6.20. The zero-order valence-electron chi connectivity index (χ0n) is 15.5. The summed E-state index contributed by atoms with van der Waals surface area (Å²) in [7, 11) is -4.86. The van der Waals surface area contributed by atoms with Gasteiger partial charge in [0.25, 0.3) is 0 Å². The smallest absolute Gasteiger partial charge is 0.387 e. The minimum absolute atomic E-state index is 0.106. The second kappa shape index (κ2) is 8.59. The predicted molar refractivity (Wildman–Crippen MR) is 96.2 cm³/mol. The molecule has 1 unspecified atom stereocenters. The van der Waals surface area contributed by atoms with Crippen LogP contribution in [0, 0.1) is 0 Å². The Morgan fingerprint density at radius 1 is 1.33 bits per heavy atom. The number of aliphatic hydroxyl groups excluding tert-OH is 2. The van der Waals surface area contributed by atoms with Gasteiger partial charge in [-0.25, -0.2) is 24.3 Å². The second-order valence-electron chi connectivity index (χ2n) is 6.27. The fourth-order valence-corrected chi connectivity index (χ4v) is 3.41. The maximum absolute atomic E-state index is 11.9. The number of rotatable bonds is 7. The fraction of sp³-hybridized carbons (Fsp3) is 0.500. The van der Waals surface area contributed by atoms with Gasteiger partial charge in [-0.2, -0.15) is 0 Å². The van der Waals surface area contributed by atoms with Gasteiger partial charge in [-0.05, 0) is 0 Å². The van der Waals surface area contributed by atoms with Gasteiger partial charge in [-0.1, -0.05) is 0 Å². The summed E-state index contributed by atoms with van der Waals surface area (Å²) in [6.45, 7) is -0.183. The van der Waals surface area contributed by atoms with Crippen LogP contribution in [0.2, 0.25) is 0 Å². The van der Waals surface area contributed by atoms with Crippen molar-refractivity contribution in [3.63, 3.8) is 0 Å². The average molecular weight is 446 g/mol. The van der Waals surface area contributed by atoms with E-state index in [0.717, 1.165) is 6.92 Å². The van der Waals surface area contributed by atoms with E-state index < -0.39 is 57.4 Å². The second-order valence-corrected chi connectivity index (χ2v) is 7.64. The largest absolute Gasteiger partial charge is 0.529 e. The molecule has 3 rings (SSSR count). The molecule has 1 aliphatic heterocycles. The highest BCUT2D eigenvalue weighted by molar-refractivity contribution is 7.48. The molecule has 2 aromatic rings. The van der Waals surface area contributed by atoms with Gasteiger partial charge in [-0.15, -0.1) is 0 Å². The fourth-order valence-electron chi connectivity index (χ4n) is 2.70. The number of phosphoric acid groups is 1. The molecule has 6 N–H and O–H groups in total. The van der Waals surface area contributed by atoms with E-state index in [1.807, 2.05) is 0 Å². The van der Waals surface area contributed by atoms with Crippen LogP contribution in [-0.2, 0) is 27.9 Å². The molecule has 2 aromatic heterocycles. The number of nitrogens with two attached hydrogens (primary N) is 1. The minimum Gasteiger partial charge on any atom is -0.387 e. The first kappa shape index (κ1) is 22.0. The lowest BCUT2D eigenvalue weighted by Crippen LogP contribution is -2.34. The lowest BCUT2D eigenvalue weighted by molar-refractivity contribution is -0.137. The quantitative estimate of drug-likeness (QED) is 0.286. The number of hydrogen-bond acceptors (Lipinski definition) is 12. The van der Waals surface area contributed by atoms with Crippen LogP contribution in [0.15, 0.2) is 12.7 Å². The Morgan fingerprint density at radius 3 is 2.77 bits per heavy atom. The number of fused-ring (bicyclic) bond motifs is 1. The molecule has 0 aromatic carbocycles. The van der Waals surface area contributed by atoms with E-state index in [4.69, 9.17) is 10.5 Å². The highest BCUT2D eigenvalue weighted by Crippen LogP contribution is 2.44. The van der Waals surface area contributed by atoms with Crippen molar-refractivity contribution in [2.24, 2.45) is 0 Å². The Labute approximate surface area is 168 Å². The summed E-state index contributed by atoms with van der Waals surface area (Å²) in [4.78, 5) is 43.6. The number of phosphoric ester groups is 1. The molecule has 16 heteroatoms. The molecule has 15 nitrogen and oxygen atoms in total. The number of aliphatic hydroxyl groups is 2. The number of hydrogen-bond donors (Lipinski definition) is 5. The summed E-state index contributed by atoms with van der Waals surface area (Å²) in [5.74, 6) is -1.64. The molecule has 1 aliphatic rings. The Bertz CT molecular complexity index is 999. The van der Waals surface area contributed by atoms with Crippen LogP contribution in [0.25, 0.3) is 11.2 Å².